The van der Waals surface area contributed by atoms with Gasteiger partial charge in [-0.25, -0.2) is 0 Å². The molecule has 0 heterocycles. The summed E-state index contributed by atoms with van der Waals surface area (Å²) in [6.07, 6.45) is 0. The van der Waals surface area contributed by atoms with E-state index in [1.54, 1.807) is 0 Å². The van der Waals surface area contributed by atoms with Gasteiger partial charge in [-0.2, -0.15) is 4.99 Å². The number of thiocarbonyl (C=S) groups is 1. The van der Waals surface area contributed by atoms with Crippen LogP contribution in [0, 0.1) is 0 Å². The molecule has 0 aliphatic carbocycles. The molecule has 0 radical (unpaired) electrons. The average Bonchev–Trinajstić information content (AvgIpc) is 2.19. The van der Waals surface area contributed by atoms with E-state index in [9.17, 15) is 0 Å². The molecule has 0 saturated carbocycles. The number of nitrogens with zero attached hydrogens (tertiary/aromatic N) is 1. The minimum Gasteiger partial charge on any atom is -1.00 e. The summed E-state index contributed by atoms with van der Waals surface area (Å²) < 4.78 is 0. The van der Waals surface area contributed by atoms with E-state index in [-0.39, 0.29) is 31.0 Å². The second-order valence-corrected chi connectivity index (χ2v) is 2.88. The van der Waals surface area contributed by atoms with Crippen LogP contribution in [0.3, 0.4) is 0 Å². The maximum absolute atomic E-state index is 4.58. The van der Waals surface area contributed by atoms with E-state index >= 15 is 0 Å². The van der Waals surface area contributed by atoms with Crippen LogP contribution in [0.5, 0.6) is 0 Å². The monoisotopic (exact) mass is 209 g/mol. The maximum Gasteiger partial charge on any atom is 1.00 e. The Bertz CT molecular complexity index is 489. The van der Waals surface area contributed by atoms with Gasteiger partial charge in [-0.05, 0) is 23.7 Å². The van der Waals surface area contributed by atoms with Crippen molar-refractivity contribution in [3.05, 3.63) is 42.5 Å². The van der Waals surface area contributed by atoms with Gasteiger partial charge in [0.15, 0.2) is 0 Å². The van der Waals surface area contributed by atoms with Crippen LogP contribution >= 0.6 is 12.2 Å². The number of benzene rings is 2. The Morgan fingerprint density at radius 2 is 1.79 bits per heavy atom. The third-order valence-electron chi connectivity index (χ3n) is 1.93. The predicted octanol–water partition coefficient (Wildman–Crippen LogP) is 0.691. The van der Waals surface area contributed by atoms with Crippen molar-refractivity contribution in [1.82, 2.24) is 0 Å². The van der Waals surface area contributed by atoms with E-state index in [1.807, 2.05) is 30.3 Å². The second kappa shape index (κ2) is 5.40. The van der Waals surface area contributed by atoms with Gasteiger partial charge in [0.2, 0.25) is 0 Å². The van der Waals surface area contributed by atoms with Crippen molar-refractivity contribution < 1.29 is 31.0 Å². The molecule has 14 heavy (non-hydrogen) atoms. The molecule has 0 unspecified atom stereocenters. The van der Waals surface area contributed by atoms with Crippen LogP contribution in [0.15, 0.2) is 47.5 Å². The minimum absolute atomic E-state index is 0. The van der Waals surface area contributed by atoms with Gasteiger partial charge in [0.05, 0.1) is 10.8 Å². The zero-order valence-electron chi connectivity index (χ0n) is 8.90. The van der Waals surface area contributed by atoms with Gasteiger partial charge in [-0.1, -0.05) is 36.4 Å². The van der Waals surface area contributed by atoms with E-state index in [2.05, 4.69) is 34.5 Å². The summed E-state index contributed by atoms with van der Waals surface area (Å²) in [6, 6.07) is 14.0. The molecule has 0 aliphatic rings. The smallest absolute Gasteiger partial charge is 1.00 e. The van der Waals surface area contributed by atoms with Crippen molar-refractivity contribution in [3.8, 4) is 0 Å². The molecule has 0 aliphatic heterocycles. The van der Waals surface area contributed by atoms with Gasteiger partial charge in [0, 0.05) is 5.39 Å². The third kappa shape index (κ3) is 2.30. The fourth-order valence-electron chi connectivity index (χ4n) is 1.35. The second-order valence-electron chi connectivity index (χ2n) is 2.70. The van der Waals surface area contributed by atoms with E-state index in [1.165, 1.54) is 5.39 Å². The molecule has 2 aromatic carbocycles. The fourth-order valence-corrected chi connectivity index (χ4v) is 1.45. The molecule has 0 aromatic heterocycles. The Kier molecular flexibility index (Phi) is 4.46. The van der Waals surface area contributed by atoms with Crippen LogP contribution < -0.4 is 29.6 Å². The van der Waals surface area contributed by atoms with Crippen molar-refractivity contribution in [2.24, 2.45) is 4.99 Å². The molecule has 0 saturated heterocycles. The number of rotatable bonds is 1. The Labute approximate surface area is 112 Å². The van der Waals surface area contributed by atoms with Crippen molar-refractivity contribution in [2.75, 3.05) is 0 Å². The van der Waals surface area contributed by atoms with Gasteiger partial charge in [0.25, 0.3) is 0 Å². The van der Waals surface area contributed by atoms with Crippen LogP contribution in [0.25, 0.3) is 10.8 Å². The van der Waals surface area contributed by atoms with Crippen LogP contribution in [-0.2, 0) is 0 Å². The first-order chi connectivity index (χ1) is 6.42. The predicted molar refractivity (Wildman–Crippen MR) is 59.7 cm³/mol. The first-order valence-corrected chi connectivity index (χ1v) is 4.38. The number of hydrogen-bond donors (Lipinski definition) is 0. The summed E-state index contributed by atoms with van der Waals surface area (Å²) >= 11 is 4.58. The van der Waals surface area contributed by atoms with Crippen LogP contribution in [0.4, 0.5) is 5.69 Å². The molecule has 64 valence electrons. The number of isothiocyanates is 1. The fraction of sp³-hybridized carbons (Fsp3) is 0. The number of hydrogen-bond acceptors (Lipinski definition) is 2. The van der Waals surface area contributed by atoms with E-state index < -0.39 is 0 Å². The Morgan fingerprint density at radius 3 is 2.57 bits per heavy atom. The summed E-state index contributed by atoms with van der Waals surface area (Å²) in [5.41, 5.74) is 0.883. The topological polar surface area (TPSA) is 12.4 Å². The zero-order chi connectivity index (χ0) is 9.10. The van der Waals surface area contributed by atoms with Crippen molar-refractivity contribution in [2.45, 2.75) is 0 Å². The molecule has 0 spiro atoms. The van der Waals surface area contributed by atoms with Crippen molar-refractivity contribution in [3.63, 3.8) is 0 Å². The van der Waals surface area contributed by atoms with Gasteiger partial charge in [0.1, 0.15) is 0 Å². The summed E-state index contributed by atoms with van der Waals surface area (Å²) in [5, 5.41) is 4.67. The first-order valence-electron chi connectivity index (χ1n) is 3.97. The van der Waals surface area contributed by atoms with Gasteiger partial charge < -0.3 is 1.43 Å². The normalized spacial score (nSPS) is 8.86. The Morgan fingerprint density at radius 1 is 1.07 bits per heavy atom. The van der Waals surface area contributed by atoms with E-state index in [0.29, 0.717) is 0 Å². The molecule has 0 N–H and O–H groups in total. The molecule has 2 rings (SSSR count). The molecular formula is C11H8NNaS. The van der Waals surface area contributed by atoms with E-state index in [4.69, 9.17) is 0 Å². The minimum atomic E-state index is 0. The maximum atomic E-state index is 4.58. The van der Waals surface area contributed by atoms with Crippen LogP contribution in [0.1, 0.15) is 1.43 Å². The quantitative estimate of drug-likeness (QED) is 0.382. The van der Waals surface area contributed by atoms with Gasteiger partial charge in [-0.3, -0.25) is 0 Å². The first kappa shape index (κ1) is 11.6. The van der Waals surface area contributed by atoms with Crippen LogP contribution in [-0.4, -0.2) is 5.16 Å². The third-order valence-corrected chi connectivity index (χ3v) is 2.02. The largest absolute Gasteiger partial charge is 1.00 e. The zero-order valence-corrected chi connectivity index (χ0v) is 10.7. The van der Waals surface area contributed by atoms with Gasteiger partial charge in [-0.15, -0.1) is 0 Å². The molecule has 2 aromatic rings. The summed E-state index contributed by atoms with van der Waals surface area (Å²) in [6.45, 7) is 0. The van der Waals surface area contributed by atoms with Crippen LogP contribution in [0.2, 0.25) is 0 Å². The molecule has 0 bridgehead atoms. The molecular weight excluding hydrogens is 201 g/mol. The molecule has 0 fully saturated rings. The Balaban J connectivity index is 0.000000980. The standard InChI is InChI=1S/C11H7NS.Na.H/c13-8-12-11-7-3-5-9-4-1-2-6-10(9)11;;/h1-7H;;/q;+1;-1. The van der Waals surface area contributed by atoms with E-state index in [0.717, 1.165) is 11.1 Å². The molecule has 0 amide bonds. The molecule has 0 atom stereocenters. The summed E-state index contributed by atoms with van der Waals surface area (Å²) in [4.78, 5) is 4.00. The number of aliphatic imine (C=N–C) groups is 1. The van der Waals surface area contributed by atoms with Crippen molar-refractivity contribution in [1.29, 1.82) is 0 Å². The molecule has 3 heteroatoms. The Hall–Kier alpha value is -0.500. The number of fused-ring (bicyclic) bond motifs is 1. The van der Waals surface area contributed by atoms with Gasteiger partial charge >= 0.3 is 29.6 Å². The molecule has 1 nitrogen and oxygen atoms in total. The SMILES string of the molecule is S=C=Nc1cccc2ccccc12.[H-].[Na+]. The summed E-state index contributed by atoms with van der Waals surface area (Å²) in [5.74, 6) is 0. The summed E-state index contributed by atoms with van der Waals surface area (Å²) in [7, 11) is 0. The average molecular weight is 209 g/mol. The van der Waals surface area contributed by atoms with Crippen molar-refractivity contribution >= 4 is 33.8 Å².